The summed E-state index contributed by atoms with van der Waals surface area (Å²) in [6.07, 6.45) is 0. The topological polar surface area (TPSA) is 41.1 Å². The predicted octanol–water partition coefficient (Wildman–Crippen LogP) is 1.01. The van der Waals surface area contributed by atoms with Gasteiger partial charge in [-0.15, -0.1) is 0 Å². The van der Waals surface area contributed by atoms with Gasteiger partial charge in [0, 0.05) is 18.0 Å². The fourth-order valence-corrected chi connectivity index (χ4v) is 1.38. The van der Waals surface area contributed by atoms with Crippen molar-refractivity contribution in [1.29, 1.82) is 0 Å². The number of nitrogens with one attached hydrogen (secondary N) is 2. The second-order valence-electron chi connectivity index (χ2n) is 3.99. The highest BCUT2D eigenvalue weighted by molar-refractivity contribution is 5.94. The molecule has 1 aromatic carbocycles. The van der Waals surface area contributed by atoms with Crippen molar-refractivity contribution in [1.82, 2.24) is 10.6 Å². The van der Waals surface area contributed by atoms with Crippen molar-refractivity contribution in [3.05, 3.63) is 35.9 Å². The van der Waals surface area contributed by atoms with Crippen LogP contribution in [0.1, 0.15) is 12.5 Å². The lowest BCUT2D eigenvalue weighted by Gasteiger charge is -2.09. The zero-order chi connectivity index (χ0) is 12.5. The molecule has 1 atom stereocenters. The fourth-order valence-electron chi connectivity index (χ4n) is 1.38. The Hall–Kier alpha value is -1.79. The van der Waals surface area contributed by atoms with Crippen molar-refractivity contribution in [2.45, 2.75) is 6.92 Å². The van der Waals surface area contributed by atoms with Gasteiger partial charge < -0.3 is 10.6 Å². The molecule has 0 saturated heterocycles. The molecule has 0 aromatic heterocycles. The summed E-state index contributed by atoms with van der Waals surface area (Å²) < 4.78 is 0. The van der Waals surface area contributed by atoms with Crippen LogP contribution in [0.5, 0.6) is 0 Å². The molecule has 0 aliphatic carbocycles. The van der Waals surface area contributed by atoms with Crippen LogP contribution in [0.15, 0.2) is 30.3 Å². The van der Waals surface area contributed by atoms with E-state index in [0.717, 1.165) is 12.1 Å². The number of carbonyl (C=O) groups is 1. The summed E-state index contributed by atoms with van der Waals surface area (Å²) in [6, 6.07) is 9.48. The predicted molar refractivity (Wildman–Crippen MR) is 69.4 cm³/mol. The highest BCUT2D eigenvalue weighted by Crippen LogP contribution is 1.94. The number of amides is 1. The van der Waals surface area contributed by atoms with Crippen molar-refractivity contribution in [3.63, 3.8) is 0 Å². The summed E-state index contributed by atoms with van der Waals surface area (Å²) in [4.78, 5) is 11.4. The highest BCUT2D eigenvalue weighted by Gasteiger charge is 2.01. The number of hydrogen-bond acceptors (Lipinski definition) is 2. The van der Waals surface area contributed by atoms with Crippen molar-refractivity contribution in [2.24, 2.45) is 5.92 Å². The van der Waals surface area contributed by atoms with E-state index in [1.165, 1.54) is 0 Å². The van der Waals surface area contributed by atoms with Gasteiger partial charge in [0.25, 0.3) is 5.91 Å². The largest absolute Gasteiger partial charge is 0.345 e. The van der Waals surface area contributed by atoms with Crippen molar-refractivity contribution < 1.29 is 4.79 Å². The first-order valence-electron chi connectivity index (χ1n) is 5.72. The van der Waals surface area contributed by atoms with E-state index in [1.54, 1.807) is 0 Å². The Morgan fingerprint density at radius 3 is 2.65 bits per heavy atom. The smallest absolute Gasteiger partial charge is 0.296 e. The molecule has 3 nitrogen and oxygen atoms in total. The Morgan fingerprint density at radius 1 is 1.29 bits per heavy atom. The number of carbonyl (C=O) groups excluding carboxylic acids is 1. The summed E-state index contributed by atoms with van der Waals surface area (Å²) in [6.45, 7) is 3.59. The van der Waals surface area contributed by atoms with Crippen LogP contribution in [0.3, 0.4) is 0 Å². The zero-order valence-corrected chi connectivity index (χ0v) is 10.3. The van der Waals surface area contributed by atoms with E-state index in [-0.39, 0.29) is 5.91 Å². The second-order valence-corrected chi connectivity index (χ2v) is 3.99. The molecule has 1 rings (SSSR count). The lowest BCUT2D eigenvalue weighted by molar-refractivity contribution is -0.115. The third-order valence-electron chi connectivity index (χ3n) is 2.26. The Kier molecular flexibility index (Phi) is 5.84. The van der Waals surface area contributed by atoms with Gasteiger partial charge in [-0.05, 0) is 31.6 Å². The van der Waals surface area contributed by atoms with Crippen LogP contribution in [-0.4, -0.2) is 26.0 Å². The Bertz CT molecular complexity index is 403. The van der Waals surface area contributed by atoms with Crippen LogP contribution in [0.2, 0.25) is 0 Å². The summed E-state index contributed by atoms with van der Waals surface area (Å²) in [5.74, 6) is 5.58. The molecule has 0 spiro atoms. The molecule has 1 unspecified atom stereocenters. The standard InChI is InChI=1S/C14H18N2O/c1-12(10-15-2)11-16-14(17)9-8-13-6-4-3-5-7-13/h3-7,12,15H,10-11H2,1-2H3,(H,16,17). The molecule has 0 heterocycles. The summed E-state index contributed by atoms with van der Waals surface area (Å²) in [7, 11) is 1.90. The molecule has 1 amide bonds. The SMILES string of the molecule is CNCC(C)CNC(=O)C#Cc1ccccc1. The van der Waals surface area contributed by atoms with E-state index in [4.69, 9.17) is 0 Å². The van der Waals surface area contributed by atoms with Gasteiger partial charge in [-0.1, -0.05) is 31.0 Å². The monoisotopic (exact) mass is 230 g/mol. The Balaban J connectivity index is 2.38. The average Bonchev–Trinajstić information content (AvgIpc) is 2.35. The van der Waals surface area contributed by atoms with Gasteiger partial charge in [0.15, 0.2) is 0 Å². The average molecular weight is 230 g/mol. The quantitative estimate of drug-likeness (QED) is 0.758. The van der Waals surface area contributed by atoms with Crippen LogP contribution < -0.4 is 10.6 Å². The first-order chi connectivity index (χ1) is 8.22. The minimum Gasteiger partial charge on any atom is -0.345 e. The molecule has 0 aliphatic heterocycles. The van der Waals surface area contributed by atoms with Gasteiger partial charge >= 0.3 is 0 Å². The zero-order valence-electron chi connectivity index (χ0n) is 10.3. The van der Waals surface area contributed by atoms with Gasteiger partial charge in [-0.3, -0.25) is 4.79 Å². The molecule has 90 valence electrons. The number of hydrogen-bond donors (Lipinski definition) is 2. The Morgan fingerprint density at radius 2 is 2.00 bits per heavy atom. The van der Waals surface area contributed by atoms with E-state index in [0.29, 0.717) is 12.5 Å². The second kappa shape index (κ2) is 7.48. The van der Waals surface area contributed by atoms with Crippen LogP contribution in [-0.2, 0) is 4.79 Å². The molecular weight excluding hydrogens is 212 g/mol. The van der Waals surface area contributed by atoms with Crippen molar-refractivity contribution in [2.75, 3.05) is 20.1 Å². The van der Waals surface area contributed by atoms with E-state index in [9.17, 15) is 4.79 Å². The third kappa shape index (κ3) is 5.74. The van der Waals surface area contributed by atoms with Gasteiger partial charge in [0.05, 0.1) is 0 Å². The van der Waals surface area contributed by atoms with Gasteiger partial charge in [0.2, 0.25) is 0 Å². The van der Waals surface area contributed by atoms with E-state index in [2.05, 4.69) is 29.4 Å². The molecule has 1 aromatic rings. The first kappa shape index (κ1) is 13.3. The molecule has 0 fully saturated rings. The van der Waals surface area contributed by atoms with E-state index in [1.807, 2.05) is 37.4 Å². The lowest BCUT2D eigenvalue weighted by Crippen LogP contribution is -2.31. The fraction of sp³-hybridized carbons (Fsp3) is 0.357. The van der Waals surface area contributed by atoms with Crippen molar-refractivity contribution in [3.8, 4) is 11.8 Å². The summed E-state index contributed by atoms with van der Waals surface area (Å²) in [5.41, 5.74) is 0.853. The Labute approximate surface area is 103 Å². The third-order valence-corrected chi connectivity index (χ3v) is 2.26. The lowest BCUT2D eigenvalue weighted by atomic mass is 10.2. The molecule has 3 heteroatoms. The maximum atomic E-state index is 11.4. The van der Waals surface area contributed by atoms with Crippen LogP contribution in [0.4, 0.5) is 0 Å². The molecule has 0 radical (unpaired) electrons. The van der Waals surface area contributed by atoms with Crippen molar-refractivity contribution >= 4 is 5.91 Å². The molecule has 0 aliphatic rings. The normalized spacial score (nSPS) is 11.2. The molecule has 2 N–H and O–H groups in total. The van der Waals surface area contributed by atoms with Crippen LogP contribution in [0, 0.1) is 17.8 Å². The van der Waals surface area contributed by atoms with Crippen LogP contribution >= 0.6 is 0 Å². The highest BCUT2D eigenvalue weighted by atomic mass is 16.1. The maximum absolute atomic E-state index is 11.4. The van der Waals surface area contributed by atoms with Crippen LogP contribution in [0.25, 0.3) is 0 Å². The first-order valence-corrected chi connectivity index (χ1v) is 5.72. The van der Waals surface area contributed by atoms with Gasteiger partial charge in [-0.2, -0.15) is 0 Å². The summed E-state index contributed by atoms with van der Waals surface area (Å²) in [5, 5.41) is 5.85. The van der Waals surface area contributed by atoms with Gasteiger partial charge in [-0.25, -0.2) is 0 Å². The minimum atomic E-state index is -0.225. The molecule has 0 bridgehead atoms. The maximum Gasteiger partial charge on any atom is 0.296 e. The molecule has 0 saturated carbocycles. The minimum absolute atomic E-state index is 0.225. The molecular formula is C14H18N2O. The van der Waals surface area contributed by atoms with E-state index < -0.39 is 0 Å². The number of rotatable bonds is 4. The number of benzene rings is 1. The summed E-state index contributed by atoms with van der Waals surface area (Å²) >= 11 is 0. The van der Waals surface area contributed by atoms with Gasteiger partial charge in [0.1, 0.15) is 0 Å². The molecule has 17 heavy (non-hydrogen) atoms. The van der Waals surface area contributed by atoms with E-state index >= 15 is 0 Å².